The number of anilines is 1. The SMILES string of the molecule is COc1cc(NC(=O)[C@H]2CC2(C)C)ccc1C(=O)O. The number of aromatic carboxylic acids is 1. The first-order valence-corrected chi connectivity index (χ1v) is 6.07. The molecule has 0 spiro atoms. The molecule has 2 N–H and O–H groups in total. The van der Waals surface area contributed by atoms with Crippen LogP contribution in [0.25, 0.3) is 0 Å². The van der Waals surface area contributed by atoms with Gasteiger partial charge in [0.1, 0.15) is 11.3 Å². The molecule has 1 atom stereocenters. The van der Waals surface area contributed by atoms with E-state index < -0.39 is 5.97 Å². The Morgan fingerprint density at radius 2 is 2.05 bits per heavy atom. The minimum absolute atomic E-state index is 0.0256. The van der Waals surface area contributed by atoms with E-state index in [1.807, 2.05) is 13.8 Å². The van der Waals surface area contributed by atoms with E-state index in [0.29, 0.717) is 5.69 Å². The Morgan fingerprint density at radius 1 is 1.42 bits per heavy atom. The number of amides is 1. The predicted molar refractivity (Wildman–Crippen MR) is 70.5 cm³/mol. The topological polar surface area (TPSA) is 75.6 Å². The summed E-state index contributed by atoms with van der Waals surface area (Å²) in [5.41, 5.74) is 0.691. The second-order valence-corrected chi connectivity index (χ2v) is 5.45. The Morgan fingerprint density at radius 3 is 2.53 bits per heavy atom. The Labute approximate surface area is 111 Å². The Bertz CT molecular complexity index is 536. The predicted octanol–water partition coefficient (Wildman–Crippen LogP) is 2.38. The minimum Gasteiger partial charge on any atom is -0.496 e. The molecular formula is C14H17NO4. The van der Waals surface area contributed by atoms with Gasteiger partial charge in [-0.05, 0) is 24.0 Å². The molecule has 0 bridgehead atoms. The number of nitrogens with one attached hydrogen (secondary N) is 1. The molecular weight excluding hydrogens is 246 g/mol. The third-order valence-corrected chi connectivity index (χ3v) is 3.53. The van der Waals surface area contributed by atoms with E-state index in [-0.39, 0.29) is 28.6 Å². The quantitative estimate of drug-likeness (QED) is 0.874. The lowest BCUT2D eigenvalue weighted by atomic mass is 10.1. The standard InChI is InChI=1S/C14H17NO4/c1-14(2)7-10(14)12(16)15-8-4-5-9(13(17)18)11(6-8)19-3/h4-6,10H,7H2,1-3H3,(H,15,16)(H,17,18)/t10-/m1/s1. The number of ether oxygens (including phenoxy) is 1. The molecule has 19 heavy (non-hydrogen) atoms. The molecule has 0 unspecified atom stereocenters. The third kappa shape index (κ3) is 2.70. The summed E-state index contributed by atoms with van der Waals surface area (Å²) in [5, 5.41) is 11.8. The highest BCUT2D eigenvalue weighted by atomic mass is 16.5. The fraction of sp³-hybridized carbons (Fsp3) is 0.429. The van der Waals surface area contributed by atoms with Crippen LogP contribution in [0.2, 0.25) is 0 Å². The lowest BCUT2D eigenvalue weighted by molar-refractivity contribution is -0.118. The monoisotopic (exact) mass is 263 g/mol. The van der Waals surface area contributed by atoms with Crippen molar-refractivity contribution in [3.63, 3.8) is 0 Å². The summed E-state index contributed by atoms with van der Waals surface area (Å²) in [4.78, 5) is 22.9. The molecule has 1 aliphatic carbocycles. The van der Waals surface area contributed by atoms with E-state index in [2.05, 4.69) is 5.32 Å². The van der Waals surface area contributed by atoms with Crippen LogP contribution in [-0.4, -0.2) is 24.1 Å². The molecule has 1 aromatic carbocycles. The molecule has 1 fully saturated rings. The van der Waals surface area contributed by atoms with Gasteiger partial charge in [0.15, 0.2) is 0 Å². The van der Waals surface area contributed by atoms with Gasteiger partial charge in [-0.1, -0.05) is 13.8 Å². The zero-order valence-electron chi connectivity index (χ0n) is 11.2. The number of carbonyl (C=O) groups is 2. The molecule has 5 nitrogen and oxygen atoms in total. The highest BCUT2D eigenvalue weighted by Gasteiger charge is 2.50. The molecule has 0 aliphatic heterocycles. The lowest BCUT2D eigenvalue weighted by Gasteiger charge is -2.10. The number of hydrogen-bond acceptors (Lipinski definition) is 3. The molecule has 1 amide bonds. The number of carboxylic acids is 1. The Kier molecular flexibility index (Phi) is 3.22. The summed E-state index contributed by atoms with van der Waals surface area (Å²) < 4.78 is 5.01. The summed E-state index contributed by atoms with van der Waals surface area (Å²) in [7, 11) is 1.40. The van der Waals surface area contributed by atoms with Gasteiger partial charge >= 0.3 is 5.97 Å². The average molecular weight is 263 g/mol. The smallest absolute Gasteiger partial charge is 0.339 e. The van der Waals surface area contributed by atoms with Crippen molar-refractivity contribution in [1.82, 2.24) is 0 Å². The van der Waals surface area contributed by atoms with Crippen LogP contribution < -0.4 is 10.1 Å². The first kappa shape index (κ1) is 13.4. The van der Waals surface area contributed by atoms with Gasteiger partial charge in [-0.2, -0.15) is 0 Å². The molecule has 102 valence electrons. The van der Waals surface area contributed by atoms with Crippen molar-refractivity contribution in [1.29, 1.82) is 0 Å². The van der Waals surface area contributed by atoms with E-state index >= 15 is 0 Å². The zero-order chi connectivity index (χ0) is 14.2. The maximum atomic E-state index is 11.9. The summed E-state index contributed by atoms with van der Waals surface area (Å²) in [6.45, 7) is 4.09. The van der Waals surface area contributed by atoms with E-state index in [0.717, 1.165) is 6.42 Å². The van der Waals surface area contributed by atoms with E-state index in [4.69, 9.17) is 9.84 Å². The van der Waals surface area contributed by atoms with Crippen molar-refractivity contribution in [2.75, 3.05) is 12.4 Å². The van der Waals surface area contributed by atoms with Crippen molar-refractivity contribution in [3.8, 4) is 5.75 Å². The van der Waals surface area contributed by atoms with Gasteiger partial charge in [-0.3, -0.25) is 4.79 Å². The van der Waals surface area contributed by atoms with Crippen LogP contribution in [0.5, 0.6) is 5.75 Å². The average Bonchev–Trinajstić information content (AvgIpc) is 2.98. The maximum Gasteiger partial charge on any atom is 0.339 e. The van der Waals surface area contributed by atoms with Crippen LogP contribution in [0, 0.1) is 11.3 Å². The maximum absolute atomic E-state index is 11.9. The van der Waals surface area contributed by atoms with Gasteiger partial charge in [0, 0.05) is 17.7 Å². The molecule has 1 aromatic rings. The van der Waals surface area contributed by atoms with Crippen molar-refractivity contribution in [2.24, 2.45) is 11.3 Å². The number of benzene rings is 1. The number of carboxylic acid groups (broad SMARTS) is 1. The molecule has 0 heterocycles. The van der Waals surface area contributed by atoms with Gasteiger partial charge in [-0.25, -0.2) is 4.79 Å². The van der Waals surface area contributed by atoms with E-state index in [1.54, 1.807) is 6.07 Å². The molecule has 5 heteroatoms. The molecule has 0 radical (unpaired) electrons. The van der Waals surface area contributed by atoms with E-state index in [1.165, 1.54) is 19.2 Å². The van der Waals surface area contributed by atoms with Crippen molar-refractivity contribution in [2.45, 2.75) is 20.3 Å². The number of hydrogen-bond donors (Lipinski definition) is 2. The number of carbonyl (C=O) groups excluding carboxylic acids is 1. The van der Waals surface area contributed by atoms with Crippen LogP contribution in [0.4, 0.5) is 5.69 Å². The second kappa shape index (κ2) is 4.57. The minimum atomic E-state index is -1.06. The number of rotatable bonds is 4. The van der Waals surface area contributed by atoms with E-state index in [9.17, 15) is 9.59 Å². The Balaban J connectivity index is 2.14. The van der Waals surface area contributed by atoms with Gasteiger partial charge in [0.2, 0.25) is 5.91 Å². The molecule has 2 rings (SSSR count). The summed E-state index contributed by atoms with van der Waals surface area (Å²) in [6, 6.07) is 4.52. The van der Waals surface area contributed by atoms with Gasteiger partial charge in [0.05, 0.1) is 7.11 Å². The second-order valence-electron chi connectivity index (χ2n) is 5.45. The largest absolute Gasteiger partial charge is 0.496 e. The van der Waals surface area contributed by atoms with Crippen molar-refractivity contribution < 1.29 is 19.4 Å². The fourth-order valence-electron chi connectivity index (χ4n) is 2.09. The van der Waals surface area contributed by atoms with Crippen LogP contribution in [0.1, 0.15) is 30.6 Å². The van der Waals surface area contributed by atoms with Crippen molar-refractivity contribution >= 4 is 17.6 Å². The van der Waals surface area contributed by atoms with Gasteiger partial charge in [-0.15, -0.1) is 0 Å². The van der Waals surface area contributed by atoms with Gasteiger partial charge < -0.3 is 15.2 Å². The Hall–Kier alpha value is -2.04. The first-order chi connectivity index (χ1) is 8.85. The van der Waals surface area contributed by atoms with Gasteiger partial charge in [0.25, 0.3) is 0 Å². The van der Waals surface area contributed by atoms with Crippen LogP contribution in [-0.2, 0) is 4.79 Å². The number of methoxy groups -OCH3 is 1. The highest BCUT2D eigenvalue weighted by molar-refractivity contribution is 5.96. The zero-order valence-corrected chi connectivity index (χ0v) is 11.2. The molecule has 1 saturated carbocycles. The molecule has 0 aromatic heterocycles. The van der Waals surface area contributed by atoms with Crippen LogP contribution in [0.3, 0.4) is 0 Å². The third-order valence-electron chi connectivity index (χ3n) is 3.53. The summed E-state index contributed by atoms with van der Waals surface area (Å²) >= 11 is 0. The highest BCUT2D eigenvalue weighted by Crippen LogP contribution is 2.52. The first-order valence-electron chi connectivity index (χ1n) is 6.07. The van der Waals surface area contributed by atoms with Crippen LogP contribution >= 0.6 is 0 Å². The summed E-state index contributed by atoms with van der Waals surface area (Å²) in [5.74, 6) is -0.828. The molecule has 1 aliphatic rings. The lowest BCUT2D eigenvalue weighted by Crippen LogP contribution is -2.16. The van der Waals surface area contributed by atoms with Crippen LogP contribution in [0.15, 0.2) is 18.2 Å². The normalized spacial score (nSPS) is 19.6. The fourth-order valence-corrected chi connectivity index (χ4v) is 2.09. The van der Waals surface area contributed by atoms with Crippen molar-refractivity contribution in [3.05, 3.63) is 23.8 Å². The molecule has 0 saturated heterocycles. The summed E-state index contributed by atoms with van der Waals surface area (Å²) in [6.07, 6.45) is 0.878.